The first-order valence-corrected chi connectivity index (χ1v) is 6.05. The normalized spacial score (nSPS) is 11.3. The van der Waals surface area contributed by atoms with Crippen LogP contribution >= 0.6 is 11.6 Å². The molecule has 0 bridgehead atoms. The van der Waals surface area contributed by atoms with E-state index in [-0.39, 0.29) is 22.5 Å². The maximum atomic E-state index is 12.3. The largest absolute Gasteiger partial charge is 0.573 e. The molecule has 2 aromatic rings. The van der Waals surface area contributed by atoms with Crippen LogP contribution in [0.3, 0.4) is 0 Å². The van der Waals surface area contributed by atoms with Gasteiger partial charge in [0, 0.05) is 0 Å². The van der Waals surface area contributed by atoms with Gasteiger partial charge in [-0.25, -0.2) is 4.98 Å². The molecule has 0 fully saturated rings. The molecule has 9 heteroatoms. The van der Waals surface area contributed by atoms with Crippen molar-refractivity contribution in [1.82, 2.24) is 9.97 Å². The van der Waals surface area contributed by atoms with Crippen molar-refractivity contribution < 1.29 is 17.9 Å². The van der Waals surface area contributed by atoms with E-state index >= 15 is 0 Å². The van der Waals surface area contributed by atoms with Crippen molar-refractivity contribution >= 4 is 28.8 Å². The number of aromatic nitrogens is 2. The fraction of sp³-hybridized carbons (Fsp3) is 0.167. The first-order valence-electron chi connectivity index (χ1n) is 5.67. The molecule has 0 unspecified atom stereocenters. The highest BCUT2D eigenvalue weighted by Gasteiger charge is 2.32. The van der Waals surface area contributed by atoms with Gasteiger partial charge in [-0.15, -0.1) is 13.2 Å². The third-order valence-electron chi connectivity index (χ3n) is 2.47. The summed E-state index contributed by atoms with van der Waals surface area (Å²) in [6, 6.07) is 5.51. The first-order chi connectivity index (χ1) is 9.76. The van der Waals surface area contributed by atoms with Gasteiger partial charge in [0.15, 0.2) is 11.6 Å². The Morgan fingerprint density at radius 3 is 2.57 bits per heavy atom. The van der Waals surface area contributed by atoms with Gasteiger partial charge in [-0.2, -0.15) is 4.98 Å². The summed E-state index contributed by atoms with van der Waals surface area (Å²) in [5.74, 6) is -0.303. The van der Waals surface area contributed by atoms with Gasteiger partial charge in [0.05, 0.1) is 17.1 Å². The van der Waals surface area contributed by atoms with Crippen LogP contribution in [-0.4, -0.2) is 16.3 Å². The Morgan fingerprint density at radius 2 is 1.90 bits per heavy atom. The average Bonchev–Trinajstić information content (AvgIpc) is 2.36. The summed E-state index contributed by atoms with van der Waals surface area (Å²) >= 11 is 5.71. The van der Waals surface area contributed by atoms with Gasteiger partial charge < -0.3 is 15.8 Å². The molecule has 0 saturated heterocycles. The van der Waals surface area contributed by atoms with Crippen molar-refractivity contribution in [2.45, 2.75) is 13.3 Å². The molecule has 0 aliphatic carbocycles. The summed E-state index contributed by atoms with van der Waals surface area (Å²) in [7, 11) is 0. The number of nitrogens with one attached hydrogen (secondary N) is 1. The molecule has 0 atom stereocenters. The number of rotatable bonds is 3. The standard InChI is InChI=1S/C12H10ClF3N4O/c1-6-9(17)10(20-11(13)18-6)19-7-4-2-3-5-8(7)21-12(14,15)16/h2-5H,17H2,1H3,(H,18,19,20). The molecule has 0 aliphatic rings. The molecule has 2 rings (SSSR count). The SMILES string of the molecule is Cc1nc(Cl)nc(Nc2ccccc2OC(F)(F)F)c1N. The molecule has 0 saturated carbocycles. The molecule has 21 heavy (non-hydrogen) atoms. The average molecular weight is 319 g/mol. The van der Waals surface area contributed by atoms with Gasteiger partial charge in [-0.05, 0) is 30.7 Å². The molecule has 112 valence electrons. The number of nitrogen functional groups attached to an aromatic ring is 1. The Labute approximate surface area is 122 Å². The van der Waals surface area contributed by atoms with Gasteiger partial charge >= 0.3 is 6.36 Å². The summed E-state index contributed by atoms with van der Waals surface area (Å²) in [6.07, 6.45) is -4.80. The van der Waals surface area contributed by atoms with E-state index in [4.69, 9.17) is 17.3 Å². The van der Waals surface area contributed by atoms with E-state index in [1.165, 1.54) is 24.3 Å². The second-order valence-electron chi connectivity index (χ2n) is 4.01. The van der Waals surface area contributed by atoms with Crippen LogP contribution in [0.1, 0.15) is 5.69 Å². The van der Waals surface area contributed by atoms with Crippen molar-refractivity contribution in [1.29, 1.82) is 0 Å². The fourth-order valence-electron chi connectivity index (χ4n) is 1.55. The molecule has 1 aromatic carbocycles. The Morgan fingerprint density at radius 1 is 1.24 bits per heavy atom. The Bertz CT molecular complexity index is 663. The van der Waals surface area contributed by atoms with Crippen LogP contribution in [0.2, 0.25) is 5.28 Å². The topological polar surface area (TPSA) is 73.1 Å². The van der Waals surface area contributed by atoms with Gasteiger partial charge in [0.1, 0.15) is 0 Å². The molecular weight excluding hydrogens is 309 g/mol. The zero-order chi connectivity index (χ0) is 15.6. The quantitative estimate of drug-likeness (QED) is 0.845. The summed E-state index contributed by atoms with van der Waals surface area (Å²) < 4.78 is 41.0. The number of ether oxygens (including phenoxy) is 1. The van der Waals surface area contributed by atoms with Crippen molar-refractivity contribution in [2.24, 2.45) is 0 Å². The number of alkyl halides is 3. The van der Waals surface area contributed by atoms with Crippen LogP contribution in [0.4, 0.5) is 30.4 Å². The lowest BCUT2D eigenvalue weighted by Crippen LogP contribution is -2.18. The van der Waals surface area contributed by atoms with Gasteiger partial charge in [0.2, 0.25) is 5.28 Å². The number of hydrogen-bond donors (Lipinski definition) is 2. The predicted molar refractivity (Wildman–Crippen MR) is 72.6 cm³/mol. The number of nitrogens with two attached hydrogens (primary N) is 1. The van der Waals surface area contributed by atoms with E-state index in [0.29, 0.717) is 5.69 Å². The Balaban J connectivity index is 2.36. The highest BCUT2D eigenvalue weighted by atomic mass is 35.5. The number of halogens is 4. The van der Waals surface area contributed by atoms with E-state index in [1.807, 2.05) is 0 Å². The monoisotopic (exact) mass is 318 g/mol. The number of nitrogens with zero attached hydrogens (tertiary/aromatic N) is 2. The van der Waals surface area contributed by atoms with Crippen LogP contribution < -0.4 is 15.8 Å². The van der Waals surface area contributed by atoms with Crippen LogP contribution in [0.15, 0.2) is 24.3 Å². The minimum Gasteiger partial charge on any atom is -0.404 e. The van der Waals surface area contributed by atoms with E-state index in [1.54, 1.807) is 6.92 Å². The Kier molecular flexibility index (Phi) is 4.08. The van der Waals surface area contributed by atoms with E-state index in [2.05, 4.69) is 20.0 Å². The summed E-state index contributed by atoms with van der Waals surface area (Å²) in [4.78, 5) is 7.68. The third kappa shape index (κ3) is 3.88. The zero-order valence-electron chi connectivity index (χ0n) is 10.7. The van der Waals surface area contributed by atoms with Crippen molar-refractivity contribution in [3.63, 3.8) is 0 Å². The molecule has 0 aliphatic heterocycles. The lowest BCUT2D eigenvalue weighted by Gasteiger charge is -2.15. The van der Waals surface area contributed by atoms with Gasteiger partial charge in [0.25, 0.3) is 0 Å². The molecule has 0 spiro atoms. The predicted octanol–water partition coefficient (Wildman–Crippen LogP) is 3.66. The number of benzene rings is 1. The molecule has 1 aromatic heterocycles. The lowest BCUT2D eigenvalue weighted by molar-refractivity contribution is -0.274. The third-order valence-corrected chi connectivity index (χ3v) is 2.64. The zero-order valence-corrected chi connectivity index (χ0v) is 11.5. The van der Waals surface area contributed by atoms with Crippen LogP contribution in [-0.2, 0) is 0 Å². The van der Waals surface area contributed by atoms with Crippen LogP contribution in [0.25, 0.3) is 0 Å². The first kappa shape index (κ1) is 15.2. The van der Waals surface area contributed by atoms with E-state index in [9.17, 15) is 13.2 Å². The molecule has 5 nitrogen and oxygen atoms in total. The smallest absolute Gasteiger partial charge is 0.404 e. The summed E-state index contributed by atoms with van der Waals surface area (Å²) in [6.45, 7) is 1.60. The molecule has 1 heterocycles. The second-order valence-corrected chi connectivity index (χ2v) is 4.35. The fourth-order valence-corrected chi connectivity index (χ4v) is 1.77. The maximum absolute atomic E-state index is 12.3. The molecule has 0 amide bonds. The van der Waals surface area contributed by atoms with E-state index < -0.39 is 12.1 Å². The minimum atomic E-state index is -4.80. The van der Waals surface area contributed by atoms with Crippen molar-refractivity contribution in [3.05, 3.63) is 35.2 Å². The highest BCUT2D eigenvalue weighted by molar-refractivity contribution is 6.28. The van der Waals surface area contributed by atoms with Crippen LogP contribution in [0, 0.1) is 6.92 Å². The summed E-state index contributed by atoms with van der Waals surface area (Å²) in [5, 5.41) is 2.59. The number of hydrogen-bond acceptors (Lipinski definition) is 5. The number of anilines is 3. The van der Waals surface area contributed by atoms with Crippen LogP contribution in [0.5, 0.6) is 5.75 Å². The van der Waals surface area contributed by atoms with Gasteiger partial charge in [-0.3, -0.25) is 0 Å². The Hall–Kier alpha value is -2.22. The summed E-state index contributed by atoms with van der Waals surface area (Å²) in [5.41, 5.74) is 6.41. The molecule has 0 radical (unpaired) electrons. The molecule has 3 N–H and O–H groups in total. The number of para-hydroxylation sites is 2. The van der Waals surface area contributed by atoms with Gasteiger partial charge in [-0.1, -0.05) is 12.1 Å². The maximum Gasteiger partial charge on any atom is 0.573 e. The van der Waals surface area contributed by atoms with E-state index in [0.717, 1.165) is 0 Å². The van der Waals surface area contributed by atoms with Crippen molar-refractivity contribution in [2.75, 3.05) is 11.1 Å². The number of aryl methyl sites for hydroxylation is 1. The highest BCUT2D eigenvalue weighted by Crippen LogP contribution is 2.33. The second kappa shape index (κ2) is 5.65. The molecular formula is C12H10ClF3N4O. The minimum absolute atomic E-state index is 0.0516. The van der Waals surface area contributed by atoms with Crippen molar-refractivity contribution in [3.8, 4) is 5.75 Å². The lowest BCUT2D eigenvalue weighted by atomic mass is 10.2.